The van der Waals surface area contributed by atoms with Gasteiger partial charge in [-0.15, -0.1) is 0 Å². The SMILES string of the molecule is COC1(C2(Br)CC2)CC1. The van der Waals surface area contributed by atoms with Crippen LogP contribution in [0.3, 0.4) is 0 Å². The van der Waals surface area contributed by atoms with Gasteiger partial charge >= 0.3 is 0 Å². The zero-order valence-electron chi connectivity index (χ0n) is 5.61. The van der Waals surface area contributed by atoms with Crippen molar-refractivity contribution in [3.05, 3.63) is 0 Å². The van der Waals surface area contributed by atoms with Crippen LogP contribution >= 0.6 is 15.9 Å². The van der Waals surface area contributed by atoms with Crippen molar-refractivity contribution in [2.45, 2.75) is 35.6 Å². The Morgan fingerprint density at radius 2 is 1.78 bits per heavy atom. The molecular weight excluding hydrogens is 180 g/mol. The number of methoxy groups -OCH3 is 1. The molecule has 2 fully saturated rings. The molecule has 0 amide bonds. The summed E-state index contributed by atoms with van der Waals surface area (Å²) in [6, 6.07) is 0. The Kier molecular flexibility index (Phi) is 1.05. The van der Waals surface area contributed by atoms with E-state index in [-0.39, 0.29) is 5.60 Å². The lowest BCUT2D eigenvalue weighted by atomic mass is 10.2. The standard InChI is InChI=1S/C7H11BrO/c1-9-7(4-5-7)6(8)2-3-6/h2-5H2,1H3. The van der Waals surface area contributed by atoms with Crippen LogP contribution in [0, 0.1) is 0 Å². The van der Waals surface area contributed by atoms with Crippen LogP contribution in [0.1, 0.15) is 25.7 Å². The third kappa shape index (κ3) is 0.695. The molecule has 2 rings (SSSR count). The summed E-state index contributed by atoms with van der Waals surface area (Å²) >= 11 is 3.71. The van der Waals surface area contributed by atoms with Crippen molar-refractivity contribution in [2.24, 2.45) is 0 Å². The van der Waals surface area contributed by atoms with E-state index in [9.17, 15) is 0 Å². The molecule has 0 aliphatic heterocycles. The number of hydrogen-bond acceptors (Lipinski definition) is 1. The molecule has 0 radical (unpaired) electrons. The van der Waals surface area contributed by atoms with Crippen LogP contribution in [0.2, 0.25) is 0 Å². The van der Waals surface area contributed by atoms with Crippen molar-refractivity contribution in [1.29, 1.82) is 0 Å². The van der Waals surface area contributed by atoms with Crippen molar-refractivity contribution >= 4 is 15.9 Å². The van der Waals surface area contributed by atoms with Crippen LogP contribution < -0.4 is 0 Å². The van der Waals surface area contributed by atoms with Gasteiger partial charge in [-0.25, -0.2) is 0 Å². The minimum atomic E-state index is 0.257. The van der Waals surface area contributed by atoms with E-state index in [1.807, 2.05) is 7.11 Å². The maximum atomic E-state index is 5.43. The number of ether oxygens (including phenoxy) is 1. The Hall–Kier alpha value is 0.440. The summed E-state index contributed by atoms with van der Waals surface area (Å²) in [5, 5.41) is 0. The summed E-state index contributed by atoms with van der Waals surface area (Å²) in [6.45, 7) is 0. The third-order valence-electron chi connectivity index (χ3n) is 2.60. The Morgan fingerprint density at radius 1 is 1.22 bits per heavy atom. The van der Waals surface area contributed by atoms with Gasteiger partial charge in [0.1, 0.15) is 0 Å². The van der Waals surface area contributed by atoms with Crippen LogP contribution in [-0.2, 0) is 4.74 Å². The fourth-order valence-corrected chi connectivity index (χ4v) is 2.27. The fourth-order valence-electron chi connectivity index (χ4n) is 1.51. The van der Waals surface area contributed by atoms with Gasteiger partial charge in [-0.1, -0.05) is 15.9 Å². The monoisotopic (exact) mass is 190 g/mol. The van der Waals surface area contributed by atoms with Crippen molar-refractivity contribution in [3.63, 3.8) is 0 Å². The van der Waals surface area contributed by atoms with Gasteiger partial charge in [-0.3, -0.25) is 0 Å². The molecule has 9 heavy (non-hydrogen) atoms. The molecule has 0 spiro atoms. The van der Waals surface area contributed by atoms with Gasteiger partial charge < -0.3 is 4.74 Å². The van der Waals surface area contributed by atoms with Crippen molar-refractivity contribution in [2.75, 3.05) is 7.11 Å². The second-order valence-electron chi connectivity index (χ2n) is 3.16. The maximum absolute atomic E-state index is 5.43. The molecule has 0 saturated heterocycles. The summed E-state index contributed by atoms with van der Waals surface area (Å²) in [6.07, 6.45) is 5.13. The largest absolute Gasteiger partial charge is 0.377 e. The zero-order valence-corrected chi connectivity index (χ0v) is 7.20. The van der Waals surface area contributed by atoms with Crippen LogP contribution in [0.15, 0.2) is 0 Å². The highest BCUT2D eigenvalue weighted by atomic mass is 79.9. The molecule has 52 valence electrons. The smallest absolute Gasteiger partial charge is 0.0833 e. The van der Waals surface area contributed by atoms with E-state index >= 15 is 0 Å². The topological polar surface area (TPSA) is 9.23 Å². The second kappa shape index (κ2) is 1.54. The van der Waals surface area contributed by atoms with Crippen LogP contribution in [0.5, 0.6) is 0 Å². The van der Waals surface area contributed by atoms with Crippen molar-refractivity contribution in [3.8, 4) is 0 Å². The normalized spacial score (nSPS) is 34.0. The van der Waals surface area contributed by atoms with Gasteiger partial charge in [0.15, 0.2) is 0 Å². The average Bonchev–Trinajstić information content (AvgIpc) is 2.61. The van der Waals surface area contributed by atoms with Crippen molar-refractivity contribution < 1.29 is 4.74 Å². The maximum Gasteiger partial charge on any atom is 0.0833 e. The molecule has 0 unspecified atom stereocenters. The highest BCUT2D eigenvalue weighted by molar-refractivity contribution is 9.10. The lowest BCUT2D eigenvalue weighted by molar-refractivity contribution is 0.0738. The number of alkyl halides is 1. The minimum absolute atomic E-state index is 0.257. The van der Waals surface area contributed by atoms with Gasteiger partial charge in [0.2, 0.25) is 0 Å². The van der Waals surface area contributed by atoms with E-state index in [0.29, 0.717) is 4.32 Å². The highest BCUT2D eigenvalue weighted by Gasteiger charge is 2.65. The summed E-state index contributed by atoms with van der Waals surface area (Å²) in [5.74, 6) is 0. The number of hydrogen-bond donors (Lipinski definition) is 0. The Balaban J connectivity index is 2.11. The summed E-state index contributed by atoms with van der Waals surface area (Å²) in [4.78, 5) is 0. The molecule has 2 aliphatic rings. The third-order valence-corrected chi connectivity index (χ3v) is 4.12. The Bertz CT molecular complexity index is 136. The molecule has 0 aromatic heterocycles. The molecule has 0 N–H and O–H groups in total. The molecule has 0 aromatic rings. The molecule has 0 aromatic carbocycles. The summed E-state index contributed by atoms with van der Waals surface area (Å²) in [5.41, 5.74) is 0.257. The van der Waals surface area contributed by atoms with E-state index in [1.165, 1.54) is 25.7 Å². The zero-order chi connectivity index (χ0) is 6.54. The number of rotatable bonds is 2. The molecule has 0 bridgehead atoms. The molecule has 2 aliphatic carbocycles. The molecule has 0 heterocycles. The first-order chi connectivity index (χ1) is 4.22. The Morgan fingerprint density at radius 3 is 1.89 bits per heavy atom. The van der Waals surface area contributed by atoms with Crippen LogP contribution in [0.4, 0.5) is 0 Å². The molecule has 2 saturated carbocycles. The first-order valence-corrected chi connectivity index (χ1v) is 4.26. The summed E-state index contributed by atoms with van der Waals surface area (Å²) in [7, 11) is 1.83. The molecule has 2 heteroatoms. The second-order valence-corrected chi connectivity index (χ2v) is 4.68. The van der Waals surface area contributed by atoms with Gasteiger partial charge in [0.25, 0.3) is 0 Å². The van der Waals surface area contributed by atoms with E-state index in [1.54, 1.807) is 0 Å². The van der Waals surface area contributed by atoms with Gasteiger partial charge in [0, 0.05) is 7.11 Å². The van der Waals surface area contributed by atoms with E-state index in [2.05, 4.69) is 15.9 Å². The summed E-state index contributed by atoms with van der Waals surface area (Å²) < 4.78 is 5.83. The average molecular weight is 191 g/mol. The lowest BCUT2D eigenvalue weighted by Crippen LogP contribution is -2.26. The van der Waals surface area contributed by atoms with Gasteiger partial charge in [-0.05, 0) is 25.7 Å². The predicted molar refractivity (Wildman–Crippen MR) is 39.9 cm³/mol. The van der Waals surface area contributed by atoms with Crippen molar-refractivity contribution in [1.82, 2.24) is 0 Å². The molecule has 0 atom stereocenters. The van der Waals surface area contributed by atoms with Gasteiger partial charge in [0.05, 0.1) is 9.93 Å². The van der Waals surface area contributed by atoms with Gasteiger partial charge in [-0.2, -0.15) is 0 Å². The minimum Gasteiger partial charge on any atom is -0.377 e. The van der Waals surface area contributed by atoms with Crippen LogP contribution in [0.25, 0.3) is 0 Å². The fraction of sp³-hybridized carbons (Fsp3) is 1.00. The molecular formula is C7H11BrO. The lowest BCUT2D eigenvalue weighted by Gasteiger charge is -2.18. The quantitative estimate of drug-likeness (QED) is 0.607. The van der Waals surface area contributed by atoms with E-state index in [0.717, 1.165) is 0 Å². The van der Waals surface area contributed by atoms with E-state index < -0.39 is 0 Å². The molecule has 1 nitrogen and oxygen atoms in total. The Labute approximate surface area is 63.9 Å². The predicted octanol–water partition coefficient (Wildman–Crippen LogP) is 2.09. The first kappa shape index (κ1) is 6.17. The number of halogens is 1. The first-order valence-electron chi connectivity index (χ1n) is 3.47. The van der Waals surface area contributed by atoms with E-state index in [4.69, 9.17) is 4.74 Å². The van der Waals surface area contributed by atoms with Crippen LogP contribution in [-0.4, -0.2) is 17.0 Å². The highest BCUT2D eigenvalue weighted by Crippen LogP contribution is 2.64.